The van der Waals surface area contributed by atoms with Crippen LogP contribution in [0.15, 0.2) is 0 Å². The van der Waals surface area contributed by atoms with E-state index < -0.39 is 0 Å². The van der Waals surface area contributed by atoms with Crippen molar-refractivity contribution >= 4 is 11.8 Å². The summed E-state index contributed by atoms with van der Waals surface area (Å²) >= 11 is 0. The number of piperidine rings is 1. The highest BCUT2D eigenvalue weighted by molar-refractivity contribution is 5.95. The minimum Gasteiger partial charge on any atom is -0.381 e. The van der Waals surface area contributed by atoms with E-state index in [9.17, 15) is 9.59 Å². The summed E-state index contributed by atoms with van der Waals surface area (Å²) in [4.78, 5) is 28.6. The molecule has 0 aliphatic carbocycles. The van der Waals surface area contributed by atoms with E-state index in [1.165, 1.54) is 0 Å². The van der Waals surface area contributed by atoms with Crippen molar-refractivity contribution in [2.45, 2.75) is 51.1 Å². The van der Waals surface area contributed by atoms with Crippen molar-refractivity contribution in [1.82, 2.24) is 9.80 Å². The van der Waals surface area contributed by atoms with Gasteiger partial charge in [-0.1, -0.05) is 0 Å². The fraction of sp³-hybridized carbons (Fsp3) is 0.867. The smallest absolute Gasteiger partial charge is 0.246 e. The fourth-order valence-electron chi connectivity index (χ4n) is 3.79. The standard InChI is InChI=1S/C15H24N2O3/c1-11(12-5-8-20-9-6-12)17-10-14(18)16-7-3-2-4-13(16)15(17)19/h11-13H,2-10H2,1H3. The Hall–Kier alpha value is -1.10. The Kier molecular flexibility index (Phi) is 3.96. The Labute approximate surface area is 120 Å². The minimum atomic E-state index is -0.188. The average molecular weight is 280 g/mol. The molecule has 3 aliphatic heterocycles. The normalized spacial score (nSPS) is 30.4. The number of piperazine rings is 1. The number of hydrogen-bond donors (Lipinski definition) is 0. The number of fused-ring (bicyclic) bond motifs is 1. The third-order valence-corrected chi connectivity index (χ3v) is 5.14. The molecule has 2 amide bonds. The van der Waals surface area contributed by atoms with Gasteiger partial charge < -0.3 is 14.5 Å². The van der Waals surface area contributed by atoms with E-state index in [2.05, 4.69) is 6.92 Å². The maximum atomic E-state index is 12.7. The van der Waals surface area contributed by atoms with Crippen molar-refractivity contribution in [2.24, 2.45) is 5.92 Å². The van der Waals surface area contributed by atoms with Gasteiger partial charge >= 0.3 is 0 Å². The summed E-state index contributed by atoms with van der Waals surface area (Å²) in [5.74, 6) is 0.771. The molecule has 5 heteroatoms. The van der Waals surface area contributed by atoms with Gasteiger partial charge in [0.1, 0.15) is 12.6 Å². The molecule has 3 rings (SSSR count). The molecule has 0 saturated carbocycles. The van der Waals surface area contributed by atoms with Crippen molar-refractivity contribution in [3.8, 4) is 0 Å². The molecule has 0 bridgehead atoms. The monoisotopic (exact) mass is 280 g/mol. The molecule has 3 heterocycles. The highest BCUT2D eigenvalue weighted by Gasteiger charge is 2.43. The van der Waals surface area contributed by atoms with Gasteiger partial charge in [0.15, 0.2) is 0 Å². The molecule has 3 aliphatic rings. The van der Waals surface area contributed by atoms with Crippen molar-refractivity contribution in [3.05, 3.63) is 0 Å². The van der Waals surface area contributed by atoms with Gasteiger partial charge in [0.05, 0.1) is 0 Å². The lowest BCUT2D eigenvalue weighted by Gasteiger charge is -2.46. The van der Waals surface area contributed by atoms with Crippen LogP contribution in [0.2, 0.25) is 0 Å². The van der Waals surface area contributed by atoms with Gasteiger partial charge in [0.25, 0.3) is 0 Å². The fourth-order valence-corrected chi connectivity index (χ4v) is 3.79. The van der Waals surface area contributed by atoms with E-state index >= 15 is 0 Å². The van der Waals surface area contributed by atoms with Gasteiger partial charge in [0, 0.05) is 25.8 Å². The molecule has 20 heavy (non-hydrogen) atoms. The molecular formula is C15H24N2O3. The summed E-state index contributed by atoms with van der Waals surface area (Å²) in [6.07, 6.45) is 4.91. The predicted octanol–water partition coefficient (Wildman–Crippen LogP) is 1.02. The number of amides is 2. The molecule has 2 unspecified atom stereocenters. The number of hydrogen-bond acceptors (Lipinski definition) is 3. The predicted molar refractivity (Wildman–Crippen MR) is 74.1 cm³/mol. The molecule has 0 aromatic rings. The van der Waals surface area contributed by atoms with Crippen LogP contribution in [0, 0.1) is 5.92 Å². The number of rotatable bonds is 2. The highest BCUT2D eigenvalue weighted by Crippen LogP contribution is 2.28. The number of ether oxygens (including phenoxy) is 1. The van der Waals surface area contributed by atoms with Crippen molar-refractivity contribution < 1.29 is 14.3 Å². The van der Waals surface area contributed by atoms with E-state index in [1.807, 2.05) is 4.90 Å². The van der Waals surface area contributed by atoms with Crippen LogP contribution in [-0.4, -0.2) is 60.0 Å². The zero-order chi connectivity index (χ0) is 14.1. The van der Waals surface area contributed by atoms with E-state index in [1.54, 1.807) is 4.90 Å². The lowest BCUT2D eigenvalue weighted by atomic mass is 9.89. The second-order valence-electron chi connectivity index (χ2n) is 6.26. The molecule has 5 nitrogen and oxygen atoms in total. The summed E-state index contributed by atoms with van der Waals surface area (Å²) in [6, 6.07) is -0.0354. The quantitative estimate of drug-likeness (QED) is 0.759. The first-order chi connectivity index (χ1) is 9.68. The lowest BCUT2D eigenvalue weighted by Crippen LogP contribution is -2.63. The third-order valence-electron chi connectivity index (χ3n) is 5.14. The van der Waals surface area contributed by atoms with E-state index in [0.717, 1.165) is 51.9 Å². The van der Waals surface area contributed by atoms with Crippen LogP contribution in [-0.2, 0) is 14.3 Å². The second kappa shape index (κ2) is 5.72. The zero-order valence-corrected chi connectivity index (χ0v) is 12.2. The maximum Gasteiger partial charge on any atom is 0.246 e. The highest BCUT2D eigenvalue weighted by atomic mass is 16.5. The van der Waals surface area contributed by atoms with Crippen LogP contribution in [0.25, 0.3) is 0 Å². The summed E-state index contributed by atoms with van der Waals surface area (Å²) < 4.78 is 5.39. The lowest BCUT2D eigenvalue weighted by molar-refractivity contribution is -0.161. The summed E-state index contributed by atoms with van der Waals surface area (Å²) in [5.41, 5.74) is 0. The maximum absolute atomic E-state index is 12.7. The topological polar surface area (TPSA) is 49.9 Å². The van der Waals surface area contributed by atoms with Gasteiger partial charge in [-0.2, -0.15) is 0 Å². The zero-order valence-electron chi connectivity index (χ0n) is 12.2. The van der Waals surface area contributed by atoms with Crippen LogP contribution >= 0.6 is 0 Å². The summed E-state index contributed by atoms with van der Waals surface area (Å²) in [7, 11) is 0. The second-order valence-corrected chi connectivity index (χ2v) is 6.26. The Balaban J connectivity index is 1.72. The Morgan fingerprint density at radius 2 is 1.90 bits per heavy atom. The molecule has 0 N–H and O–H groups in total. The first-order valence-electron chi connectivity index (χ1n) is 7.86. The summed E-state index contributed by atoms with van der Waals surface area (Å²) in [6.45, 7) is 4.68. The molecular weight excluding hydrogens is 256 g/mol. The molecule has 0 radical (unpaired) electrons. The average Bonchev–Trinajstić information content (AvgIpc) is 2.51. The Morgan fingerprint density at radius 3 is 2.65 bits per heavy atom. The van der Waals surface area contributed by atoms with E-state index in [-0.39, 0.29) is 30.4 Å². The molecule has 0 aromatic carbocycles. The van der Waals surface area contributed by atoms with Crippen LogP contribution in [0.5, 0.6) is 0 Å². The molecule has 3 saturated heterocycles. The van der Waals surface area contributed by atoms with Gasteiger partial charge in [0.2, 0.25) is 11.8 Å². The first kappa shape index (κ1) is 13.9. The SMILES string of the molecule is CC(C1CCOCC1)N1CC(=O)N2CCCCC2C1=O. The molecule has 0 aromatic heterocycles. The molecule has 112 valence electrons. The summed E-state index contributed by atoms with van der Waals surface area (Å²) in [5, 5.41) is 0. The van der Waals surface area contributed by atoms with Gasteiger partial charge in [-0.25, -0.2) is 0 Å². The first-order valence-corrected chi connectivity index (χ1v) is 7.86. The largest absolute Gasteiger partial charge is 0.381 e. The molecule has 0 spiro atoms. The molecule has 3 fully saturated rings. The Morgan fingerprint density at radius 1 is 1.15 bits per heavy atom. The number of carbonyl (C=O) groups is 2. The van der Waals surface area contributed by atoms with Crippen LogP contribution in [0.1, 0.15) is 39.0 Å². The third kappa shape index (κ3) is 2.43. The van der Waals surface area contributed by atoms with Crippen molar-refractivity contribution in [2.75, 3.05) is 26.3 Å². The van der Waals surface area contributed by atoms with Crippen LogP contribution in [0.3, 0.4) is 0 Å². The number of carbonyl (C=O) groups excluding carboxylic acids is 2. The van der Waals surface area contributed by atoms with E-state index in [0.29, 0.717) is 5.92 Å². The van der Waals surface area contributed by atoms with Gasteiger partial charge in [-0.3, -0.25) is 9.59 Å². The minimum absolute atomic E-state index is 0.133. The van der Waals surface area contributed by atoms with Gasteiger partial charge in [-0.05, 0) is 44.9 Å². The number of nitrogens with zero attached hydrogens (tertiary/aromatic N) is 2. The van der Waals surface area contributed by atoms with Crippen molar-refractivity contribution in [1.29, 1.82) is 0 Å². The van der Waals surface area contributed by atoms with Crippen LogP contribution < -0.4 is 0 Å². The Bertz CT molecular complexity index is 393. The van der Waals surface area contributed by atoms with Crippen LogP contribution in [0.4, 0.5) is 0 Å². The van der Waals surface area contributed by atoms with Gasteiger partial charge in [-0.15, -0.1) is 0 Å². The van der Waals surface area contributed by atoms with Crippen molar-refractivity contribution in [3.63, 3.8) is 0 Å². The van der Waals surface area contributed by atoms with E-state index in [4.69, 9.17) is 4.74 Å². The molecule has 2 atom stereocenters.